The lowest BCUT2D eigenvalue weighted by Gasteiger charge is -2.24. The fourth-order valence-electron chi connectivity index (χ4n) is 2.97. The van der Waals surface area contributed by atoms with Crippen molar-refractivity contribution in [3.63, 3.8) is 0 Å². The molecule has 0 saturated carbocycles. The van der Waals surface area contributed by atoms with Crippen molar-refractivity contribution in [2.75, 3.05) is 19.4 Å². The van der Waals surface area contributed by atoms with Gasteiger partial charge in [0.25, 0.3) is 11.8 Å². The van der Waals surface area contributed by atoms with Gasteiger partial charge in [0.2, 0.25) is 0 Å². The molecule has 1 aliphatic rings. The molecule has 0 saturated heterocycles. The number of carbonyl (C=O) groups is 2. The Kier molecular flexibility index (Phi) is 4.03. The largest absolute Gasteiger partial charge is 0.416 e. The lowest BCUT2D eigenvalue weighted by atomic mass is 9.84. The van der Waals surface area contributed by atoms with E-state index in [9.17, 15) is 27.9 Å². The molecule has 0 spiro atoms. The van der Waals surface area contributed by atoms with Gasteiger partial charge in [-0.15, -0.1) is 0 Å². The highest BCUT2D eigenvalue weighted by atomic mass is 19.4. The van der Waals surface area contributed by atoms with Crippen LogP contribution in [0.3, 0.4) is 0 Å². The third-order valence-corrected chi connectivity index (χ3v) is 4.27. The molecule has 1 heterocycles. The van der Waals surface area contributed by atoms with Gasteiger partial charge in [-0.3, -0.25) is 9.59 Å². The smallest absolute Gasteiger partial charge is 0.372 e. The average Bonchev–Trinajstić information content (AvgIpc) is 2.85. The Bertz CT molecular complexity index is 892. The van der Waals surface area contributed by atoms with Crippen LogP contribution in [0.2, 0.25) is 0 Å². The molecule has 1 aliphatic heterocycles. The molecule has 0 radical (unpaired) electrons. The SMILES string of the molecule is CN(C)C(=O)c1cccc2c1C(O)(c1ccc(C(F)(F)F)cc1)C(=O)N2. The van der Waals surface area contributed by atoms with Gasteiger partial charge in [-0.2, -0.15) is 13.2 Å². The maximum Gasteiger partial charge on any atom is 0.416 e. The van der Waals surface area contributed by atoms with Crippen LogP contribution < -0.4 is 5.32 Å². The van der Waals surface area contributed by atoms with E-state index in [4.69, 9.17) is 0 Å². The highest BCUT2D eigenvalue weighted by Crippen LogP contribution is 2.43. The summed E-state index contributed by atoms with van der Waals surface area (Å²) in [4.78, 5) is 26.2. The standard InChI is InChI=1S/C18H15F3N2O3/c1-23(2)15(24)12-4-3-5-13-14(12)17(26,16(25)22-13)10-6-8-11(9-7-10)18(19,20)21/h3-9,26H,1-2H3,(H,22,25). The van der Waals surface area contributed by atoms with Crippen LogP contribution in [0.1, 0.15) is 27.0 Å². The molecule has 0 aliphatic carbocycles. The Labute approximate surface area is 147 Å². The number of fused-ring (bicyclic) bond motifs is 1. The number of nitrogens with zero attached hydrogens (tertiary/aromatic N) is 1. The van der Waals surface area contributed by atoms with E-state index in [1.165, 1.54) is 31.1 Å². The van der Waals surface area contributed by atoms with Crippen LogP contribution in [-0.4, -0.2) is 35.9 Å². The minimum atomic E-state index is -4.54. The van der Waals surface area contributed by atoms with Crippen molar-refractivity contribution in [2.45, 2.75) is 11.8 Å². The van der Waals surface area contributed by atoms with E-state index in [0.717, 1.165) is 24.3 Å². The van der Waals surface area contributed by atoms with Crippen molar-refractivity contribution >= 4 is 17.5 Å². The van der Waals surface area contributed by atoms with Crippen molar-refractivity contribution in [1.29, 1.82) is 0 Å². The molecule has 1 atom stereocenters. The normalized spacial score (nSPS) is 19.1. The summed E-state index contributed by atoms with van der Waals surface area (Å²) in [6, 6.07) is 8.17. The van der Waals surface area contributed by atoms with Gasteiger partial charge in [-0.05, 0) is 29.8 Å². The first-order valence-corrected chi connectivity index (χ1v) is 7.63. The molecule has 136 valence electrons. The second-order valence-corrected chi connectivity index (χ2v) is 6.17. The van der Waals surface area contributed by atoms with Crippen LogP contribution in [0.25, 0.3) is 0 Å². The zero-order valence-electron chi connectivity index (χ0n) is 13.9. The topological polar surface area (TPSA) is 69.6 Å². The first-order chi connectivity index (χ1) is 12.1. The summed E-state index contributed by atoms with van der Waals surface area (Å²) < 4.78 is 38.3. The molecule has 0 fully saturated rings. The van der Waals surface area contributed by atoms with Crippen molar-refractivity contribution in [3.8, 4) is 0 Å². The van der Waals surface area contributed by atoms with Crippen LogP contribution >= 0.6 is 0 Å². The highest BCUT2D eigenvalue weighted by molar-refractivity contribution is 6.11. The molecule has 2 aromatic rings. The molecule has 1 unspecified atom stereocenters. The predicted molar refractivity (Wildman–Crippen MR) is 87.5 cm³/mol. The second-order valence-electron chi connectivity index (χ2n) is 6.17. The van der Waals surface area contributed by atoms with Gasteiger partial charge < -0.3 is 15.3 Å². The molecule has 3 rings (SSSR count). The molecule has 2 N–H and O–H groups in total. The zero-order chi connectivity index (χ0) is 19.3. The van der Waals surface area contributed by atoms with Crippen molar-refractivity contribution in [2.24, 2.45) is 0 Å². The summed E-state index contributed by atoms with van der Waals surface area (Å²) in [6.45, 7) is 0. The average molecular weight is 364 g/mol. The molecule has 2 aromatic carbocycles. The van der Waals surface area contributed by atoms with Crippen molar-refractivity contribution in [3.05, 3.63) is 64.7 Å². The first kappa shape index (κ1) is 17.9. The fourth-order valence-corrected chi connectivity index (χ4v) is 2.97. The van der Waals surface area contributed by atoms with Crippen LogP contribution in [0.5, 0.6) is 0 Å². The lowest BCUT2D eigenvalue weighted by Crippen LogP contribution is -2.37. The summed E-state index contributed by atoms with van der Waals surface area (Å²) in [6.07, 6.45) is -4.54. The minimum absolute atomic E-state index is 0.0310. The van der Waals surface area contributed by atoms with Crippen molar-refractivity contribution in [1.82, 2.24) is 4.90 Å². The van der Waals surface area contributed by atoms with Crippen LogP contribution in [0, 0.1) is 0 Å². The number of benzene rings is 2. The molecule has 0 aromatic heterocycles. The van der Waals surface area contributed by atoms with Gasteiger partial charge in [0.1, 0.15) is 0 Å². The fraction of sp³-hybridized carbons (Fsp3) is 0.222. The molecule has 5 nitrogen and oxygen atoms in total. The summed E-state index contributed by atoms with van der Waals surface area (Å²) in [5.74, 6) is -1.27. The zero-order valence-corrected chi connectivity index (χ0v) is 13.9. The third-order valence-electron chi connectivity index (χ3n) is 4.27. The molecule has 26 heavy (non-hydrogen) atoms. The van der Waals surface area contributed by atoms with Gasteiger partial charge in [0.05, 0.1) is 5.56 Å². The van der Waals surface area contributed by atoms with Gasteiger partial charge in [-0.25, -0.2) is 0 Å². The number of hydrogen-bond acceptors (Lipinski definition) is 3. The number of carbonyl (C=O) groups excluding carboxylic acids is 2. The Hall–Kier alpha value is -2.87. The van der Waals surface area contributed by atoms with E-state index in [0.29, 0.717) is 0 Å². The number of halogens is 3. The number of hydrogen-bond donors (Lipinski definition) is 2. The minimum Gasteiger partial charge on any atom is -0.372 e. The quantitative estimate of drug-likeness (QED) is 0.861. The molecule has 0 bridgehead atoms. The Morgan fingerprint density at radius 1 is 1.12 bits per heavy atom. The van der Waals surface area contributed by atoms with Crippen LogP contribution in [0.4, 0.5) is 18.9 Å². The molecule has 8 heteroatoms. The van der Waals surface area contributed by atoms with E-state index in [-0.39, 0.29) is 22.4 Å². The molecule has 2 amide bonds. The number of alkyl halides is 3. The number of rotatable bonds is 2. The maximum atomic E-state index is 12.8. The Balaban J connectivity index is 2.18. The van der Waals surface area contributed by atoms with Gasteiger partial charge in [0.15, 0.2) is 5.60 Å². The van der Waals surface area contributed by atoms with Crippen molar-refractivity contribution < 1.29 is 27.9 Å². The number of anilines is 1. The lowest BCUT2D eigenvalue weighted by molar-refractivity contribution is -0.137. The third kappa shape index (κ3) is 2.62. The monoisotopic (exact) mass is 364 g/mol. The van der Waals surface area contributed by atoms with Gasteiger partial charge >= 0.3 is 6.18 Å². The summed E-state index contributed by atoms with van der Waals surface area (Å²) in [7, 11) is 3.03. The predicted octanol–water partition coefficient (Wildman–Crippen LogP) is 2.60. The van der Waals surface area contributed by atoms with E-state index < -0.39 is 29.2 Å². The summed E-state index contributed by atoms with van der Waals surface area (Å²) in [5, 5.41) is 13.6. The highest BCUT2D eigenvalue weighted by Gasteiger charge is 2.49. The number of aliphatic hydroxyl groups is 1. The van der Waals surface area contributed by atoms with E-state index in [1.54, 1.807) is 6.07 Å². The summed E-state index contributed by atoms with van der Waals surface area (Å²) in [5.41, 5.74) is -2.86. The summed E-state index contributed by atoms with van der Waals surface area (Å²) >= 11 is 0. The van der Waals surface area contributed by atoms with E-state index in [1.807, 2.05) is 0 Å². The molecular formula is C18H15F3N2O3. The van der Waals surface area contributed by atoms with E-state index >= 15 is 0 Å². The van der Waals surface area contributed by atoms with E-state index in [2.05, 4.69) is 5.32 Å². The Morgan fingerprint density at radius 2 is 1.73 bits per heavy atom. The first-order valence-electron chi connectivity index (χ1n) is 7.63. The Morgan fingerprint density at radius 3 is 2.27 bits per heavy atom. The number of nitrogens with one attached hydrogen (secondary N) is 1. The van der Waals surface area contributed by atoms with Gasteiger partial charge in [0, 0.05) is 30.9 Å². The van der Waals surface area contributed by atoms with Gasteiger partial charge in [-0.1, -0.05) is 18.2 Å². The van der Waals surface area contributed by atoms with Crippen LogP contribution in [0.15, 0.2) is 42.5 Å². The molecular weight excluding hydrogens is 349 g/mol. The second kappa shape index (κ2) is 5.84. The van der Waals surface area contributed by atoms with Crippen LogP contribution in [-0.2, 0) is 16.6 Å². The maximum absolute atomic E-state index is 12.8. The number of amides is 2.